The molecule has 3 rings (SSSR count). The first-order chi connectivity index (χ1) is 13.9. The van der Waals surface area contributed by atoms with Gasteiger partial charge in [-0.1, -0.05) is 35.9 Å². The number of benzene rings is 2. The number of nitrogens with zero attached hydrogens (tertiary/aromatic N) is 2. The van der Waals surface area contributed by atoms with Gasteiger partial charge in [-0.2, -0.15) is 0 Å². The second kappa shape index (κ2) is 8.78. The molecular weight excluding hydrogens is 362 g/mol. The number of para-hydroxylation sites is 1. The molecule has 29 heavy (non-hydrogen) atoms. The van der Waals surface area contributed by atoms with Crippen LogP contribution in [0.25, 0.3) is 17.0 Å². The molecule has 0 bridgehead atoms. The third kappa shape index (κ3) is 4.40. The lowest BCUT2D eigenvalue weighted by atomic mass is 10.1. The number of fused-ring (bicyclic) bond motifs is 1. The van der Waals surface area contributed by atoms with Crippen molar-refractivity contribution in [3.05, 3.63) is 77.1 Å². The van der Waals surface area contributed by atoms with Gasteiger partial charge in [-0.25, -0.2) is 0 Å². The molecule has 3 aromatic rings. The maximum Gasteiger partial charge on any atom is 0.270 e. The van der Waals surface area contributed by atoms with Crippen LogP contribution in [0.3, 0.4) is 0 Å². The molecule has 150 valence electrons. The molecule has 0 radical (unpaired) electrons. The molecule has 0 atom stereocenters. The van der Waals surface area contributed by atoms with Gasteiger partial charge in [0.1, 0.15) is 5.70 Å². The van der Waals surface area contributed by atoms with E-state index in [9.17, 15) is 9.59 Å². The Hall–Kier alpha value is -3.34. The van der Waals surface area contributed by atoms with Gasteiger partial charge in [0, 0.05) is 48.4 Å². The molecule has 0 saturated heterocycles. The highest BCUT2D eigenvalue weighted by Gasteiger charge is 2.19. The lowest BCUT2D eigenvalue weighted by molar-refractivity contribution is -0.127. The minimum Gasteiger partial charge on any atom is -0.350 e. The number of aryl methyl sites for hydroxylation is 2. The molecular formula is C24H27N3O2. The van der Waals surface area contributed by atoms with E-state index in [0.29, 0.717) is 18.7 Å². The molecule has 1 N–H and O–H groups in total. The van der Waals surface area contributed by atoms with Crippen molar-refractivity contribution in [3.8, 4) is 0 Å². The zero-order valence-corrected chi connectivity index (χ0v) is 17.4. The lowest BCUT2D eigenvalue weighted by Gasteiger charge is -2.21. The topological polar surface area (TPSA) is 54.3 Å². The number of carbonyl (C=O) groups excluding carboxylic acids is 2. The molecule has 0 spiro atoms. The Bertz CT molecular complexity index is 1060. The van der Waals surface area contributed by atoms with Crippen molar-refractivity contribution in [2.75, 3.05) is 13.1 Å². The monoisotopic (exact) mass is 389 g/mol. The first-order valence-corrected chi connectivity index (χ1v) is 9.87. The number of amides is 2. The van der Waals surface area contributed by atoms with Crippen molar-refractivity contribution >= 4 is 28.8 Å². The average Bonchev–Trinajstić information content (AvgIpc) is 3.04. The van der Waals surface area contributed by atoms with Crippen LogP contribution >= 0.6 is 0 Å². The normalized spacial score (nSPS) is 11.5. The van der Waals surface area contributed by atoms with Gasteiger partial charge in [-0.3, -0.25) is 9.59 Å². The van der Waals surface area contributed by atoms with Crippen LogP contribution in [0.1, 0.15) is 35.3 Å². The minimum atomic E-state index is -0.294. The van der Waals surface area contributed by atoms with E-state index in [1.807, 2.05) is 75.0 Å². The highest BCUT2D eigenvalue weighted by Crippen LogP contribution is 2.23. The van der Waals surface area contributed by atoms with Gasteiger partial charge in [-0.05, 0) is 45.0 Å². The van der Waals surface area contributed by atoms with Crippen LogP contribution in [0.4, 0.5) is 0 Å². The first kappa shape index (κ1) is 20.4. The van der Waals surface area contributed by atoms with Crippen LogP contribution in [-0.2, 0) is 11.8 Å². The summed E-state index contributed by atoms with van der Waals surface area (Å²) in [6.07, 6.45) is 3.74. The molecule has 0 aliphatic heterocycles. The number of hydrogen-bond donors (Lipinski definition) is 1. The summed E-state index contributed by atoms with van der Waals surface area (Å²) < 4.78 is 2.02. The Morgan fingerprint density at radius 2 is 1.69 bits per heavy atom. The average molecular weight is 389 g/mol. The maximum atomic E-state index is 13.1. The highest BCUT2D eigenvalue weighted by atomic mass is 16.2. The number of aromatic nitrogens is 1. The number of rotatable bonds is 6. The molecule has 2 aromatic carbocycles. The molecule has 1 aromatic heterocycles. The Morgan fingerprint density at radius 3 is 2.34 bits per heavy atom. The van der Waals surface area contributed by atoms with Gasteiger partial charge >= 0.3 is 0 Å². The van der Waals surface area contributed by atoms with Crippen LogP contribution in [0, 0.1) is 6.92 Å². The number of nitrogens with one attached hydrogen (secondary N) is 1. The molecule has 0 aliphatic rings. The molecule has 5 nitrogen and oxygen atoms in total. The first-order valence-electron chi connectivity index (χ1n) is 9.87. The van der Waals surface area contributed by atoms with Crippen molar-refractivity contribution in [1.29, 1.82) is 0 Å². The minimum absolute atomic E-state index is 0.191. The van der Waals surface area contributed by atoms with Gasteiger partial charge in [0.15, 0.2) is 0 Å². The number of carbonyl (C=O) groups is 2. The molecule has 0 saturated carbocycles. The third-order valence-corrected chi connectivity index (χ3v) is 5.07. The van der Waals surface area contributed by atoms with Crippen LogP contribution in [0.5, 0.6) is 0 Å². The summed E-state index contributed by atoms with van der Waals surface area (Å²) in [7, 11) is 1.97. The zero-order chi connectivity index (χ0) is 21.0. The van der Waals surface area contributed by atoms with E-state index in [4.69, 9.17) is 0 Å². The highest BCUT2D eigenvalue weighted by molar-refractivity contribution is 6.06. The van der Waals surface area contributed by atoms with Gasteiger partial charge in [0.25, 0.3) is 11.8 Å². The van der Waals surface area contributed by atoms with Crippen LogP contribution in [0.2, 0.25) is 0 Å². The second-order valence-corrected chi connectivity index (χ2v) is 7.07. The smallest absolute Gasteiger partial charge is 0.270 e. The zero-order valence-electron chi connectivity index (χ0n) is 17.4. The van der Waals surface area contributed by atoms with E-state index in [0.717, 1.165) is 22.0 Å². The van der Waals surface area contributed by atoms with E-state index in [1.165, 1.54) is 0 Å². The van der Waals surface area contributed by atoms with Gasteiger partial charge < -0.3 is 14.8 Å². The fraction of sp³-hybridized carbons (Fsp3) is 0.250. The van der Waals surface area contributed by atoms with E-state index in [1.54, 1.807) is 23.1 Å². The Morgan fingerprint density at radius 1 is 1.03 bits per heavy atom. The Balaban J connectivity index is 2.02. The molecule has 0 fully saturated rings. The number of likely N-dealkylation sites (N-methyl/N-ethyl adjacent to an activating group) is 1. The predicted octanol–water partition coefficient (Wildman–Crippen LogP) is 4.13. The summed E-state index contributed by atoms with van der Waals surface area (Å²) in [5, 5.41) is 3.88. The third-order valence-electron chi connectivity index (χ3n) is 5.07. The second-order valence-electron chi connectivity index (χ2n) is 7.07. The van der Waals surface area contributed by atoms with E-state index >= 15 is 0 Å². The fourth-order valence-electron chi connectivity index (χ4n) is 3.38. The van der Waals surface area contributed by atoms with Crippen LogP contribution in [0.15, 0.2) is 60.4 Å². The Labute approximate surface area is 171 Å². The largest absolute Gasteiger partial charge is 0.350 e. The predicted molar refractivity (Wildman–Crippen MR) is 117 cm³/mol. The standard InChI is InChI=1S/C24H27N3O2/c1-5-27(6-2)24(29)21(25-23(28)18-13-11-17(3)12-14-18)15-19-16-26(4)22-10-8-7-9-20(19)22/h7-16H,5-6H2,1-4H3,(H,25,28)/b21-15-. The molecule has 0 unspecified atom stereocenters. The summed E-state index contributed by atoms with van der Waals surface area (Å²) in [5.74, 6) is -0.486. The summed E-state index contributed by atoms with van der Waals surface area (Å²) in [5.41, 5.74) is 3.83. The van der Waals surface area contributed by atoms with E-state index < -0.39 is 0 Å². The van der Waals surface area contributed by atoms with Gasteiger partial charge in [0.05, 0.1) is 0 Å². The maximum absolute atomic E-state index is 13.1. The van der Waals surface area contributed by atoms with Crippen molar-refractivity contribution in [2.24, 2.45) is 7.05 Å². The van der Waals surface area contributed by atoms with Crippen molar-refractivity contribution in [2.45, 2.75) is 20.8 Å². The van der Waals surface area contributed by atoms with Crippen LogP contribution in [-0.4, -0.2) is 34.4 Å². The van der Waals surface area contributed by atoms with Crippen LogP contribution < -0.4 is 5.32 Å². The summed E-state index contributed by atoms with van der Waals surface area (Å²) in [6, 6.07) is 15.3. The summed E-state index contributed by atoms with van der Waals surface area (Å²) in [4.78, 5) is 27.6. The van der Waals surface area contributed by atoms with E-state index in [-0.39, 0.29) is 17.5 Å². The SMILES string of the molecule is CCN(CC)C(=O)/C(=C/c1cn(C)c2ccccc12)NC(=O)c1ccc(C)cc1. The summed E-state index contributed by atoms with van der Waals surface area (Å²) in [6.45, 7) is 6.97. The molecule has 1 heterocycles. The Kier molecular flexibility index (Phi) is 6.17. The fourth-order valence-corrected chi connectivity index (χ4v) is 3.38. The van der Waals surface area contributed by atoms with Crippen molar-refractivity contribution < 1.29 is 9.59 Å². The quantitative estimate of drug-likeness (QED) is 0.645. The van der Waals surface area contributed by atoms with Crippen molar-refractivity contribution in [1.82, 2.24) is 14.8 Å². The van der Waals surface area contributed by atoms with Crippen molar-refractivity contribution in [3.63, 3.8) is 0 Å². The number of hydrogen-bond acceptors (Lipinski definition) is 2. The van der Waals surface area contributed by atoms with Gasteiger partial charge in [-0.15, -0.1) is 0 Å². The lowest BCUT2D eigenvalue weighted by Crippen LogP contribution is -2.38. The van der Waals surface area contributed by atoms with Gasteiger partial charge in [0.2, 0.25) is 0 Å². The molecule has 2 amide bonds. The molecule has 0 aliphatic carbocycles. The summed E-state index contributed by atoms with van der Waals surface area (Å²) >= 11 is 0. The van der Waals surface area contributed by atoms with E-state index in [2.05, 4.69) is 5.32 Å². The molecule has 5 heteroatoms.